The maximum Gasteiger partial charge on any atom is 0.326 e. The summed E-state index contributed by atoms with van der Waals surface area (Å²) in [5.74, 6) is -6.88. The van der Waals surface area contributed by atoms with E-state index in [-0.39, 0.29) is 6.42 Å². The SMILES string of the molecule is O=C(O)CC(NC(=O)C(Cc1ccccc1)NC(=O)C(CC(=O)O)NC(=O)C1CCCN1)C(=O)O. The Bertz CT molecular complexity index is 948. The summed E-state index contributed by atoms with van der Waals surface area (Å²) in [6.07, 6.45) is -0.476. The first-order valence-corrected chi connectivity index (χ1v) is 10.9. The Balaban J connectivity index is 2.20. The standard InChI is InChI=1S/C22H28N4O9/c27-17(28)10-15(25-19(31)13-7-4-8-23-13)21(33)24-14(9-12-5-2-1-3-6-12)20(32)26-16(22(34)35)11-18(29)30/h1-3,5-6,13-16,23H,4,7-11H2,(H,24,33)(H,25,31)(H,26,32)(H,27,28)(H,29,30)(H,34,35). The van der Waals surface area contributed by atoms with Crippen molar-refractivity contribution in [3.8, 4) is 0 Å². The molecule has 0 saturated carbocycles. The van der Waals surface area contributed by atoms with Gasteiger partial charge in [-0.2, -0.15) is 0 Å². The van der Waals surface area contributed by atoms with Gasteiger partial charge in [-0.15, -0.1) is 0 Å². The lowest BCUT2D eigenvalue weighted by Crippen LogP contribution is -2.58. The Labute approximate surface area is 200 Å². The van der Waals surface area contributed by atoms with E-state index < -0.39 is 72.6 Å². The number of hydrogen-bond acceptors (Lipinski definition) is 7. The fourth-order valence-corrected chi connectivity index (χ4v) is 3.54. The number of carboxylic acids is 3. The van der Waals surface area contributed by atoms with Crippen LogP contribution in [0.4, 0.5) is 0 Å². The maximum atomic E-state index is 12.9. The van der Waals surface area contributed by atoms with Gasteiger partial charge in [-0.1, -0.05) is 30.3 Å². The number of amides is 3. The van der Waals surface area contributed by atoms with Gasteiger partial charge in [0.1, 0.15) is 18.1 Å². The van der Waals surface area contributed by atoms with Crippen molar-refractivity contribution in [2.45, 2.75) is 56.3 Å². The molecule has 0 spiro atoms. The van der Waals surface area contributed by atoms with Crippen molar-refractivity contribution in [2.75, 3.05) is 6.54 Å². The number of carbonyl (C=O) groups is 6. The van der Waals surface area contributed by atoms with Gasteiger partial charge < -0.3 is 36.6 Å². The molecule has 1 aliphatic rings. The van der Waals surface area contributed by atoms with Crippen molar-refractivity contribution in [3.05, 3.63) is 35.9 Å². The fourth-order valence-electron chi connectivity index (χ4n) is 3.54. The second-order valence-electron chi connectivity index (χ2n) is 8.06. The predicted molar refractivity (Wildman–Crippen MR) is 119 cm³/mol. The van der Waals surface area contributed by atoms with Crippen LogP contribution in [0.5, 0.6) is 0 Å². The lowest BCUT2D eigenvalue weighted by Gasteiger charge is -2.24. The molecule has 4 unspecified atom stereocenters. The van der Waals surface area contributed by atoms with E-state index in [1.165, 1.54) is 0 Å². The van der Waals surface area contributed by atoms with Crippen LogP contribution in [0, 0.1) is 0 Å². The summed E-state index contributed by atoms with van der Waals surface area (Å²) in [7, 11) is 0. The molecular formula is C22H28N4O9. The molecule has 1 heterocycles. The summed E-state index contributed by atoms with van der Waals surface area (Å²) in [5, 5.41) is 37.1. The van der Waals surface area contributed by atoms with Crippen LogP contribution in [-0.2, 0) is 35.2 Å². The van der Waals surface area contributed by atoms with Crippen LogP contribution >= 0.6 is 0 Å². The third-order valence-corrected chi connectivity index (χ3v) is 5.30. The van der Waals surface area contributed by atoms with Gasteiger partial charge in [0.15, 0.2) is 0 Å². The molecule has 1 aliphatic heterocycles. The van der Waals surface area contributed by atoms with E-state index in [1.807, 2.05) is 0 Å². The van der Waals surface area contributed by atoms with Crippen molar-refractivity contribution in [3.63, 3.8) is 0 Å². The van der Waals surface area contributed by atoms with Crippen LogP contribution in [0.25, 0.3) is 0 Å². The van der Waals surface area contributed by atoms with Crippen molar-refractivity contribution in [1.82, 2.24) is 21.3 Å². The molecule has 0 aromatic heterocycles. The van der Waals surface area contributed by atoms with Crippen LogP contribution in [0.2, 0.25) is 0 Å². The largest absolute Gasteiger partial charge is 0.481 e. The van der Waals surface area contributed by atoms with Gasteiger partial charge in [-0.05, 0) is 24.9 Å². The van der Waals surface area contributed by atoms with Gasteiger partial charge in [0.2, 0.25) is 17.7 Å². The number of aliphatic carboxylic acids is 3. The summed E-state index contributed by atoms with van der Waals surface area (Å²) < 4.78 is 0. The molecule has 3 amide bonds. The minimum atomic E-state index is -1.75. The first-order chi connectivity index (χ1) is 16.6. The van der Waals surface area contributed by atoms with E-state index in [9.17, 15) is 39.0 Å². The van der Waals surface area contributed by atoms with E-state index in [0.717, 1.165) is 6.42 Å². The molecule has 7 N–H and O–H groups in total. The topological polar surface area (TPSA) is 211 Å². The number of benzene rings is 1. The van der Waals surface area contributed by atoms with Gasteiger partial charge in [0, 0.05) is 6.42 Å². The molecular weight excluding hydrogens is 464 g/mol. The zero-order valence-corrected chi connectivity index (χ0v) is 18.7. The summed E-state index contributed by atoms with van der Waals surface area (Å²) in [6, 6.07) is 3.19. The summed E-state index contributed by atoms with van der Waals surface area (Å²) >= 11 is 0. The average molecular weight is 492 g/mol. The summed E-state index contributed by atoms with van der Waals surface area (Å²) in [4.78, 5) is 71.8. The molecule has 13 nitrogen and oxygen atoms in total. The summed E-state index contributed by atoms with van der Waals surface area (Å²) in [5.41, 5.74) is 0.590. The quantitative estimate of drug-likeness (QED) is 0.169. The molecule has 1 aromatic rings. The smallest absolute Gasteiger partial charge is 0.326 e. The average Bonchev–Trinajstić information content (AvgIpc) is 3.33. The lowest BCUT2D eigenvalue weighted by atomic mass is 10.0. The molecule has 4 atom stereocenters. The van der Waals surface area contributed by atoms with Crippen LogP contribution in [-0.4, -0.2) is 81.7 Å². The van der Waals surface area contributed by atoms with Gasteiger partial charge >= 0.3 is 17.9 Å². The predicted octanol–water partition coefficient (Wildman–Crippen LogP) is -1.53. The Hall–Kier alpha value is -4.00. The van der Waals surface area contributed by atoms with Crippen LogP contribution in [0.15, 0.2) is 30.3 Å². The lowest BCUT2D eigenvalue weighted by molar-refractivity contribution is -0.147. The molecule has 0 radical (unpaired) electrons. The molecule has 2 rings (SSSR count). The van der Waals surface area contributed by atoms with Crippen LogP contribution < -0.4 is 21.3 Å². The van der Waals surface area contributed by atoms with Crippen molar-refractivity contribution in [2.24, 2.45) is 0 Å². The molecule has 1 fully saturated rings. The number of rotatable bonds is 13. The number of carboxylic acid groups (broad SMARTS) is 3. The zero-order valence-electron chi connectivity index (χ0n) is 18.7. The normalized spacial score (nSPS) is 17.4. The fraction of sp³-hybridized carbons (Fsp3) is 0.455. The Kier molecular flexibility index (Phi) is 10.1. The summed E-state index contributed by atoms with van der Waals surface area (Å²) in [6.45, 7) is 0.605. The molecule has 13 heteroatoms. The number of nitrogens with one attached hydrogen (secondary N) is 4. The molecule has 0 aliphatic carbocycles. The molecule has 0 bridgehead atoms. The minimum Gasteiger partial charge on any atom is -0.481 e. The number of hydrogen-bond donors (Lipinski definition) is 7. The van der Waals surface area contributed by atoms with Crippen molar-refractivity contribution < 1.29 is 44.1 Å². The first-order valence-electron chi connectivity index (χ1n) is 10.9. The van der Waals surface area contributed by atoms with E-state index in [2.05, 4.69) is 21.3 Å². The number of carbonyl (C=O) groups excluding carboxylic acids is 3. The van der Waals surface area contributed by atoms with E-state index in [1.54, 1.807) is 30.3 Å². The van der Waals surface area contributed by atoms with E-state index in [0.29, 0.717) is 18.5 Å². The highest BCUT2D eigenvalue weighted by Crippen LogP contribution is 2.08. The van der Waals surface area contributed by atoms with E-state index in [4.69, 9.17) is 5.11 Å². The molecule has 35 heavy (non-hydrogen) atoms. The third-order valence-electron chi connectivity index (χ3n) is 5.30. The van der Waals surface area contributed by atoms with Crippen molar-refractivity contribution in [1.29, 1.82) is 0 Å². The second kappa shape index (κ2) is 13.0. The maximum absolute atomic E-state index is 12.9. The Morgan fingerprint density at radius 3 is 1.94 bits per heavy atom. The third kappa shape index (κ3) is 9.04. The van der Waals surface area contributed by atoms with Crippen LogP contribution in [0.1, 0.15) is 31.2 Å². The minimum absolute atomic E-state index is 0.101. The van der Waals surface area contributed by atoms with Crippen molar-refractivity contribution >= 4 is 35.6 Å². The van der Waals surface area contributed by atoms with Gasteiger partial charge in [0.25, 0.3) is 0 Å². The van der Waals surface area contributed by atoms with Gasteiger partial charge in [0.05, 0.1) is 18.9 Å². The van der Waals surface area contributed by atoms with E-state index >= 15 is 0 Å². The highest BCUT2D eigenvalue weighted by atomic mass is 16.4. The molecule has 190 valence electrons. The van der Waals surface area contributed by atoms with Crippen LogP contribution in [0.3, 0.4) is 0 Å². The highest BCUT2D eigenvalue weighted by Gasteiger charge is 2.33. The Morgan fingerprint density at radius 2 is 1.40 bits per heavy atom. The Morgan fingerprint density at radius 1 is 0.829 bits per heavy atom. The highest BCUT2D eigenvalue weighted by molar-refractivity contribution is 5.96. The second-order valence-corrected chi connectivity index (χ2v) is 8.06. The monoisotopic (exact) mass is 492 g/mol. The molecule has 1 saturated heterocycles. The molecule has 1 aromatic carbocycles. The first kappa shape index (κ1) is 27.2. The van der Waals surface area contributed by atoms with Gasteiger partial charge in [-0.3, -0.25) is 24.0 Å². The van der Waals surface area contributed by atoms with Gasteiger partial charge in [-0.25, -0.2) is 4.79 Å². The zero-order chi connectivity index (χ0) is 26.0.